The summed E-state index contributed by atoms with van der Waals surface area (Å²) in [7, 11) is 0. The lowest BCUT2D eigenvalue weighted by Gasteiger charge is -2.07. The van der Waals surface area contributed by atoms with Gasteiger partial charge in [-0.05, 0) is 23.8 Å². The van der Waals surface area contributed by atoms with Crippen LogP contribution >= 0.6 is 0 Å². The summed E-state index contributed by atoms with van der Waals surface area (Å²) in [5, 5.41) is 0. The molecule has 0 fully saturated rings. The van der Waals surface area contributed by atoms with Crippen molar-refractivity contribution in [3.63, 3.8) is 0 Å². The highest BCUT2D eigenvalue weighted by molar-refractivity contribution is 5.76. The molecule has 0 radical (unpaired) electrons. The van der Waals surface area contributed by atoms with Crippen molar-refractivity contribution in [1.29, 1.82) is 0 Å². The van der Waals surface area contributed by atoms with Gasteiger partial charge < -0.3 is 4.57 Å². The zero-order valence-electron chi connectivity index (χ0n) is 10.4. The van der Waals surface area contributed by atoms with Crippen molar-refractivity contribution in [3.05, 3.63) is 60.2 Å². The Balaban J connectivity index is 2.10. The number of imidazole rings is 1. The van der Waals surface area contributed by atoms with E-state index in [1.807, 2.05) is 18.3 Å². The van der Waals surface area contributed by atoms with Crippen molar-refractivity contribution in [2.75, 3.05) is 0 Å². The van der Waals surface area contributed by atoms with Crippen molar-refractivity contribution in [2.45, 2.75) is 19.9 Å². The number of fused-ring (bicyclic) bond motifs is 1. The Morgan fingerprint density at radius 2 is 2.00 bits per heavy atom. The molecule has 18 heavy (non-hydrogen) atoms. The molecule has 0 N–H and O–H groups in total. The fraction of sp³-hybridized carbons (Fsp3) is 0.200. The van der Waals surface area contributed by atoms with Gasteiger partial charge in [-0.3, -0.25) is 4.98 Å². The van der Waals surface area contributed by atoms with Gasteiger partial charge in [-0.25, -0.2) is 4.98 Å². The van der Waals surface area contributed by atoms with E-state index in [2.05, 4.69) is 45.7 Å². The third-order valence-corrected chi connectivity index (χ3v) is 3.11. The Morgan fingerprint density at radius 3 is 2.78 bits per heavy atom. The summed E-state index contributed by atoms with van der Waals surface area (Å²) in [5.74, 6) is 1.13. The van der Waals surface area contributed by atoms with Gasteiger partial charge in [0.25, 0.3) is 0 Å². The molecule has 0 unspecified atom stereocenters. The SMILES string of the molecule is CCc1nc2ccccc2n1Cc1cccnc1. The van der Waals surface area contributed by atoms with Gasteiger partial charge >= 0.3 is 0 Å². The Kier molecular flexibility index (Phi) is 2.81. The first-order chi connectivity index (χ1) is 8.88. The highest BCUT2D eigenvalue weighted by atomic mass is 15.1. The van der Waals surface area contributed by atoms with E-state index in [-0.39, 0.29) is 0 Å². The van der Waals surface area contributed by atoms with Crippen molar-refractivity contribution in [3.8, 4) is 0 Å². The van der Waals surface area contributed by atoms with Crippen LogP contribution in [0.3, 0.4) is 0 Å². The molecular formula is C15H15N3. The smallest absolute Gasteiger partial charge is 0.109 e. The van der Waals surface area contributed by atoms with E-state index in [4.69, 9.17) is 0 Å². The summed E-state index contributed by atoms with van der Waals surface area (Å²) in [5.41, 5.74) is 3.46. The fourth-order valence-corrected chi connectivity index (χ4v) is 2.25. The maximum atomic E-state index is 4.67. The van der Waals surface area contributed by atoms with Crippen molar-refractivity contribution in [1.82, 2.24) is 14.5 Å². The second-order valence-electron chi connectivity index (χ2n) is 4.32. The molecule has 0 amide bonds. The van der Waals surface area contributed by atoms with Crippen LogP contribution in [0.25, 0.3) is 11.0 Å². The molecule has 3 rings (SSSR count). The lowest BCUT2D eigenvalue weighted by Crippen LogP contribution is -2.04. The van der Waals surface area contributed by atoms with Gasteiger partial charge in [-0.15, -0.1) is 0 Å². The maximum absolute atomic E-state index is 4.67. The zero-order chi connectivity index (χ0) is 12.4. The Bertz CT molecular complexity index is 656. The number of nitrogens with zero attached hydrogens (tertiary/aromatic N) is 3. The molecule has 3 heteroatoms. The van der Waals surface area contributed by atoms with Gasteiger partial charge in [0.15, 0.2) is 0 Å². The number of aryl methyl sites for hydroxylation is 1. The van der Waals surface area contributed by atoms with Crippen molar-refractivity contribution >= 4 is 11.0 Å². The maximum Gasteiger partial charge on any atom is 0.109 e. The van der Waals surface area contributed by atoms with Crippen molar-refractivity contribution in [2.24, 2.45) is 0 Å². The van der Waals surface area contributed by atoms with Gasteiger partial charge in [-0.1, -0.05) is 25.1 Å². The molecule has 0 bridgehead atoms. The highest BCUT2D eigenvalue weighted by Gasteiger charge is 2.08. The molecule has 0 aliphatic rings. The van der Waals surface area contributed by atoms with E-state index < -0.39 is 0 Å². The minimum Gasteiger partial charge on any atom is -0.323 e. The second kappa shape index (κ2) is 4.61. The third-order valence-electron chi connectivity index (χ3n) is 3.11. The first-order valence-corrected chi connectivity index (χ1v) is 6.21. The van der Waals surface area contributed by atoms with Crippen LogP contribution in [0.15, 0.2) is 48.8 Å². The molecule has 3 aromatic rings. The predicted octanol–water partition coefficient (Wildman–Crippen LogP) is 3.04. The molecule has 1 aromatic carbocycles. The highest BCUT2D eigenvalue weighted by Crippen LogP contribution is 2.17. The molecule has 0 spiro atoms. The average molecular weight is 237 g/mol. The summed E-state index contributed by atoms with van der Waals surface area (Å²) >= 11 is 0. The summed E-state index contributed by atoms with van der Waals surface area (Å²) in [6.07, 6.45) is 4.65. The molecule has 90 valence electrons. The van der Waals surface area contributed by atoms with Crippen molar-refractivity contribution < 1.29 is 0 Å². The van der Waals surface area contributed by atoms with Crippen LogP contribution < -0.4 is 0 Å². The van der Waals surface area contributed by atoms with Gasteiger partial charge in [0, 0.05) is 18.8 Å². The molecule has 0 aliphatic carbocycles. The lowest BCUT2D eigenvalue weighted by molar-refractivity contribution is 0.750. The second-order valence-corrected chi connectivity index (χ2v) is 4.32. The topological polar surface area (TPSA) is 30.7 Å². The quantitative estimate of drug-likeness (QED) is 0.701. The molecule has 2 aromatic heterocycles. The van der Waals surface area contributed by atoms with E-state index in [0.717, 1.165) is 24.3 Å². The van der Waals surface area contributed by atoms with Crippen LogP contribution in [-0.2, 0) is 13.0 Å². The monoisotopic (exact) mass is 237 g/mol. The van der Waals surface area contributed by atoms with Gasteiger partial charge in [0.05, 0.1) is 17.6 Å². The number of hydrogen-bond donors (Lipinski definition) is 0. The minimum atomic E-state index is 0.831. The van der Waals surface area contributed by atoms with E-state index >= 15 is 0 Å². The molecule has 3 nitrogen and oxygen atoms in total. The lowest BCUT2D eigenvalue weighted by atomic mass is 10.2. The molecule has 0 atom stereocenters. The predicted molar refractivity (Wildman–Crippen MR) is 72.5 cm³/mol. The van der Waals surface area contributed by atoms with Crippen LogP contribution in [0.2, 0.25) is 0 Å². The summed E-state index contributed by atoms with van der Waals surface area (Å²) in [4.78, 5) is 8.84. The molecular weight excluding hydrogens is 222 g/mol. The van der Waals surface area contributed by atoms with E-state index in [1.165, 1.54) is 11.1 Å². The number of rotatable bonds is 3. The standard InChI is InChI=1S/C15H15N3/c1-2-15-17-13-7-3-4-8-14(13)18(15)11-12-6-5-9-16-10-12/h3-10H,2,11H2,1H3. The van der Waals surface area contributed by atoms with E-state index in [1.54, 1.807) is 6.20 Å². The number of hydrogen-bond acceptors (Lipinski definition) is 2. The van der Waals surface area contributed by atoms with Crippen LogP contribution in [0.1, 0.15) is 18.3 Å². The zero-order valence-corrected chi connectivity index (χ0v) is 10.4. The summed E-state index contributed by atoms with van der Waals surface area (Å²) in [6.45, 7) is 2.97. The van der Waals surface area contributed by atoms with E-state index in [0.29, 0.717) is 0 Å². The number of pyridine rings is 1. The third kappa shape index (κ3) is 1.88. The fourth-order valence-electron chi connectivity index (χ4n) is 2.25. The van der Waals surface area contributed by atoms with Crippen LogP contribution in [0.5, 0.6) is 0 Å². The first-order valence-electron chi connectivity index (χ1n) is 6.21. The minimum absolute atomic E-state index is 0.831. The molecule has 0 saturated heterocycles. The summed E-state index contributed by atoms with van der Waals surface area (Å²) < 4.78 is 2.27. The van der Waals surface area contributed by atoms with Gasteiger partial charge in [0.2, 0.25) is 0 Å². The molecule has 2 heterocycles. The largest absolute Gasteiger partial charge is 0.323 e. The van der Waals surface area contributed by atoms with Gasteiger partial charge in [0.1, 0.15) is 5.82 Å². The first kappa shape index (κ1) is 11.0. The van der Waals surface area contributed by atoms with Crippen LogP contribution in [0, 0.1) is 0 Å². The normalized spacial score (nSPS) is 10.9. The number of aromatic nitrogens is 3. The Hall–Kier alpha value is -2.16. The number of benzene rings is 1. The molecule has 0 aliphatic heterocycles. The number of para-hydroxylation sites is 2. The Morgan fingerprint density at radius 1 is 1.11 bits per heavy atom. The Labute approximate surface area is 106 Å². The van der Waals surface area contributed by atoms with Crippen LogP contribution in [-0.4, -0.2) is 14.5 Å². The average Bonchev–Trinajstić information content (AvgIpc) is 2.78. The van der Waals surface area contributed by atoms with Gasteiger partial charge in [-0.2, -0.15) is 0 Å². The summed E-state index contributed by atoms with van der Waals surface area (Å²) in [6, 6.07) is 12.3. The van der Waals surface area contributed by atoms with E-state index in [9.17, 15) is 0 Å². The van der Waals surface area contributed by atoms with Crippen LogP contribution in [0.4, 0.5) is 0 Å². The molecule has 0 saturated carbocycles.